The molecule has 0 aromatic carbocycles. The second-order valence-corrected chi connectivity index (χ2v) is 4.60. The molecule has 0 radical (unpaired) electrons. The Hall–Kier alpha value is -0.710. The zero-order valence-corrected chi connectivity index (χ0v) is 9.82. The van der Waals surface area contributed by atoms with Gasteiger partial charge < -0.3 is 10.1 Å². The molecular formula is C11H19F2NO2. The molecule has 0 spiro atoms. The Labute approximate surface area is 94.5 Å². The number of rotatable bonds is 4. The highest BCUT2D eigenvalue weighted by Crippen LogP contribution is 2.32. The van der Waals surface area contributed by atoms with E-state index in [1.165, 1.54) is 6.92 Å². The average molecular weight is 235 g/mol. The monoisotopic (exact) mass is 235 g/mol. The quantitative estimate of drug-likeness (QED) is 0.758. The highest BCUT2D eigenvalue weighted by Gasteiger charge is 2.37. The number of alkyl halides is 2. The lowest BCUT2D eigenvalue weighted by atomic mass is 9.86. The van der Waals surface area contributed by atoms with Crippen molar-refractivity contribution in [1.29, 1.82) is 0 Å². The first kappa shape index (κ1) is 13.4. The zero-order valence-electron chi connectivity index (χ0n) is 9.82. The van der Waals surface area contributed by atoms with Crippen molar-refractivity contribution in [2.75, 3.05) is 13.1 Å². The van der Waals surface area contributed by atoms with Gasteiger partial charge >= 0.3 is 5.97 Å². The second-order valence-electron chi connectivity index (χ2n) is 4.60. The van der Waals surface area contributed by atoms with Crippen LogP contribution in [0, 0.1) is 0 Å². The Morgan fingerprint density at radius 3 is 2.44 bits per heavy atom. The number of carbonyl (C=O) groups is 1. The molecule has 0 aromatic rings. The highest BCUT2D eigenvalue weighted by molar-refractivity contribution is 5.66. The summed E-state index contributed by atoms with van der Waals surface area (Å²) < 4.78 is 30.9. The van der Waals surface area contributed by atoms with Gasteiger partial charge in [-0.05, 0) is 39.3 Å². The van der Waals surface area contributed by atoms with E-state index in [9.17, 15) is 13.6 Å². The summed E-state index contributed by atoms with van der Waals surface area (Å²) in [5.74, 6) is -3.08. The van der Waals surface area contributed by atoms with Crippen LogP contribution >= 0.6 is 0 Å². The topological polar surface area (TPSA) is 38.3 Å². The summed E-state index contributed by atoms with van der Waals surface area (Å²) in [6.07, 6.45) is 1.23. The molecule has 1 rings (SSSR count). The van der Waals surface area contributed by atoms with Crippen LogP contribution in [0.2, 0.25) is 0 Å². The van der Waals surface area contributed by atoms with Crippen molar-refractivity contribution in [2.45, 2.75) is 51.1 Å². The first-order chi connectivity index (χ1) is 7.33. The standard InChI is InChI=1S/C11H19F2NO2/c1-9(15)16-11(4-3-10(2,12)13)5-7-14-8-6-11/h14H,3-8H2,1-2H3. The van der Waals surface area contributed by atoms with Gasteiger partial charge in [0.15, 0.2) is 0 Å². The van der Waals surface area contributed by atoms with Gasteiger partial charge in [-0.1, -0.05) is 0 Å². The average Bonchev–Trinajstić information content (AvgIpc) is 2.14. The van der Waals surface area contributed by atoms with Crippen LogP contribution in [0.15, 0.2) is 0 Å². The molecule has 0 bridgehead atoms. The second kappa shape index (κ2) is 5.08. The fraction of sp³-hybridized carbons (Fsp3) is 0.909. The summed E-state index contributed by atoms with van der Waals surface area (Å²) in [5.41, 5.74) is -0.684. The highest BCUT2D eigenvalue weighted by atomic mass is 19.3. The molecule has 3 nitrogen and oxygen atoms in total. The maximum atomic E-state index is 12.8. The van der Waals surface area contributed by atoms with Crippen LogP contribution in [-0.4, -0.2) is 30.6 Å². The summed E-state index contributed by atoms with van der Waals surface area (Å²) >= 11 is 0. The van der Waals surface area contributed by atoms with Crippen molar-refractivity contribution in [3.63, 3.8) is 0 Å². The third-order valence-corrected chi connectivity index (χ3v) is 2.89. The lowest BCUT2D eigenvalue weighted by molar-refractivity contribution is -0.163. The lowest BCUT2D eigenvalue weighted by Gasteiger charge is -2.37. The molecule has 1 heterocycles. The molecule has 0 aromatic heterocycles. The van der Waals surface area contributed by atoms with Gasteiger partial charge in [-0.25, -0.2) is 8.78 Å². The number of esters is 1. The van der Waals surface area contributed by atoms with E-state index in [1.54, 1.807) is 0 Å². The van der Waals surface area contributed by atoms with Crippen molar-refractivity contribution in [3.8, 4) is 0 Å². The summed E-state index contributed by atoms with van der Waals surface area (Å²) in [6, 6.07) is 0. The van der Waals surface area contributed by atoms with Crippen molar-refractivity contribution in [2.24, 2.45) is 0 Å². The van der Waals surface area contributed by atoms with Crippen LogP contribution in [-0.2, 0) is 9.53 Å². The third kappa shape index (κ3) is 4.43. The van der Waals surface area contributed by atoms with E-state index >= 15 is 0 Å². The van der Waals surface area contributed by atoms with Gasteiger partial charge in [0.1, 0.15) is 5.60 Å². The van der Waals surface area contributed by atoms with Crippen LogP contribution in [0.4, 0.5) is 8.78 Å². The molecule has 1 N–H and O–H groups in total. The van der Waals surface area contributed by atoms with Gasteiger partial charge in [-0.15, -0.1) is 0 Å². The summed E-state index contributed by atoms with van der Waals surface area (Å²) in [6.45, 7) is 3.65. The van der Waals surface area contributed by atoms with Crippen molar-refractivity contribution in [1.82, 2.24) is 5.32 Å². The van der Waals surface area contributed by atoms with Crippen molar-refractivity contribution < 1.29 is 18.3 Å². The third-order valence-electron chi connectivity index (χ3n) is 2.89. The van der Waals surface area contributed by atoms with Crippen molar-refractivity contribution in [3.05, 3.63) is 0 Å². The minimum atomic E-state index is -2.70. The van der Waals surface area contributed by atoms with Gasteiger partial charge in [0.2, 0.25) is 5.92 Å². The molecule has 1 aliphatic heterocycles. The van der Waals surface area contributed by atoms with E-state index in [0.29, 0.717) is 25.9 Å². The predicted molar refractivity (Wildman–Crippen MR) is 56.5 cm³/mol. The molecule has 0 saturated carbocycles. The summed E-state index contributed by atoms with van der Waals surface area (Å²) in [7, 11) is 0. The Balaban J connectivity index is 2.59. The number of hydrogen-bond acceptors (Lipinski definition) is 3. The Morgan fingerprint density at radius 2 is 2.00 bits per heavy atom. The lowest BCUT2D eigenvalue weighted by Crippen LogP contribution is -2.45. The minimum absolute atomic E-state index is 0.234. The number of nitrogens with one attached hydrogen (secondary N) is 1. The van der Waals surface area contributed by atoms with Gasteiger partial charge in [0.25, 0.3) is 0 Å². The van der Waals surface area contributed by atoms with E-state index in [1.807, 2.05) is 0 Å². The van der Waals surface area contributed by atoms with E-state index < -0.39 is 11.5 Å². The molecule has 0 unspecified atom stereocenters. The molecule has 16 heavy (non-hydrogen) atoms. The van der Waals surface area contributed by atoms with E-state index in [0.717, 1.165) is 6.92 Å². The molecule has 1 aliphatic rings. The molecular weight excluding hydrogens is 216 g/mol. The van der Waals surface area contributed by atoms with Crippen LogP contribution in [0.3, 0.4) is 0 Å². The van der Waals surface area contributed by atoms with Gasteiger partial charge in [0, 0.05) is 13.3 Å². The molecule has 1 saturated heterocycles. The Bertz CT molecular complexity index is 245. The fourth-order valence-electron chi connectivity index (χ4n) is 2.04. The minimum Gasteiger partial charge on any atom is -0.459 e. The molecule has 0 aliphatic carbocycles. The first-order valence-electron chi connectivity index (χ1n) is 5.61. The van der Waals surface area contributed by atoms with Crippen LogP contribution in [0.5, 0.6) is 0 Å². The van der Waals surface area contributed by atoms with Crippen LogP contribution < -0.4 is 5.32 Å². The molecule has 0 amide bonds. The summed E-state index contributed by atoms with van der Waals surface area (Å²) in [4.78, 5) is 11.0. The summed E-state index contributed by atoms with van der Waals surface area (Å²) in [5, 5.41) is 3.13. The molecule has 5 heteroatoms. The van der Waals surface area contributed by atoms with E-state index in [4.69, 9.17) is 4.74 Å². The number of halogens is 2. The number of piperidine rings is 1. The van der Waals surface area contributed by atoms with Crippen LogP contribution in [0.1, 0.15) is 39.5 Å². The van der Waals surface area contributed by atoms with Crippen LogP contribution in [0.25, 0.3) is 0 Å². The maximum Gasteiger partial charge on any atom is 0.303 e. The Morgan fingerprint density at radius 1 is 1.44 bits per heavy atom. The Kier molecular flexibility index (Phi) is 4.24. The SMILES string of the molecule is CC(=O)OC1(CCC(C)(F)F)CCNCC1. The number of ether oxygens (including phenoxy) is 1. The maximum absolute atomic E-state index is 12.8. The molecule has 94 valence electrons. The largest absolute Gasteiger partial charge is 0.459 e. The smallest absolute Gasteiger partial charge is 0.303 e. The first-order valence-corrected chi connectivity index (χ1v) is 5.61. The predicted octanol–water partition coefficient (Wildman–Crippen LogP) is 2.11. The molecule has 1 fully saturated rings. The zero-order chi connectivity index (χ0) is 12.2. The van der Waals surface area contributed by atoms with Gasteiger partial charge in [0.05, 0.1) is 0 Å². The van der Waals surface area contributed by atoms with E-state index in [2.05, 4.69) is 5.32 Å². The fourth-order valence-corrected chi connectivity index (χ4v) is 2.04. The van der Waals surface area contributed by atoms with Gasteiger partial charge in [-0.3, -0.25) is 4.79 Å². The van der Waals surface area contributed by atoms with E-state index in [-0.39, 0.29) is 18.8 Å². The number of hydrogen-bond donors (Lipinski definition) is 1. The van der Waals surface area contributed by atoms with Crippen molar-refractivity contribution >= 4 is 5.97 Å². The van der Waals surface area contributed by atoms with Gasteiger partial charge in [-0.2, -0.15) is 0 Å². The number of carbonyl (C=O) groups excluding carboxylic acids is 1. The normalized spacial score (nSPS) is 20.5. The molecule has 0 atom stereocenters.